The normalized spacial score (nSPS) is 10.9. The van der Waals surface area contributed by atoms with Gasteiger partial charge in [-0.15, -0.1) is 0 Å². The number of rotatable bonds is 8. The topological polar surface area (TPSA) is 80.9 Å². The van der Waals surface area contributed by atoms with Crippen molar-refractivity contribution in [1.29, 1.82) is 0 Å². The first-order chi connectivity index (χ1) is 15.2. The largest absolute Gasteiger partial charge is 0.476 e. The van der Waals surface area contributed by atoms with Crippen LogP contribution in [0.4, 0.5) is 0 Å². The third kappa shape index (κ3) is 4.69. The average Bonchev–Trinajstić information content (AvgIpc) is 3.21. The monoisotopic (exact) mass is 412 g/mol. The Hall–Kier alpha value is -3.80. The number of aromatic carboxylic acids is 1. The van der Waals surface area contributed by atoms with Gasteiger partial charge in [-0.3, -0.25) is 0 Å². The quantitative estimate of drug-likeness (QED) is 0.436. The summed E-state index contributed by atoms with van der Waals surface area (Å²) in [6, 6.07) is 21.4. The molecular formula is C25H24N4O2. The summed E-state index contributed by atoms with van der Waals surface area (Å²) >= 11 is 0. The molecule has 0 aliphatic rings. The SMILES string of the molecule is CCCCc1nc(-c2ccccc2)nn1Cc1ccc(-c2cccnc2C(=O)O)cc1. The zero-order valence-corrected chi connectivity index (χ0v) is 17.4. The van der Waals surface area contributed by atoms with Gasteiger partial charge in [0, 0.05) is 23.7 Å². The Bertz CT molecular complexity index is 1170. The number of carboxylic acid groups (broad SMARTS) is 1. The molecule has 0 bridgehead atoms. The van der Waals surface area contributed by atoms with E-state index < -0.39 is 5.97 Å². The number of carboxylic acids is 1. The maximum absolute atomic E-state index is 11.5. The van der Waals surface area contributed by atoms with Crippen LogP contribution in [-0.2, 0) is 13.0 Å². The summed E-state index contributed by atoms with van der Waals surface area (Å²) < 4.78 is 1.97. The number of unbranched alkanes of at least 4 members (excludes halogenated alkanes) is 1. The molecule has 6 nitrogen and oxygen atoms in total. The van der Waals surface area contributed by atoms with E-state index in [1.165, 1.54) is 6.20 Å². The van der Waals surface area contributed by atoms with E-state index in [4.69, 9.17) is 10.1 Å². The second kappa shape index (κ2) is 9.34. The molecule has 0 fully saturated rings. The fourth-order valence-electron chi connectivity index (χ4n) is 3.50. The summed E-state index contributed by atoms with van der Waals surface area (Å²) in [6.07, 6.45) is 4.53. The van der Waals surface area contributed by atoms with Gasteiger partial charge in [0.15, 0.2) is 11.5 Å². The molecule has 0 amide bonds. The van der Waals surface area contributed by atoms with Crippen LogP contribution in [0.3, 0.4) is 0 Å². The Morgan fingerprint density at radius 3 is 2.45 bits per heavy atom. The van der Waals surface area contributed by atoms with Gasteiger partial charge >= 0.3 is 5.97 Å². The van der Waals surface area contributed by atoms with E-state index in [1.807, 2.05) is 59.3 Å². The molecule has 31 heavy (non-hydrogen) atoms. The highest BCUT2D eigenvalue weighted by Gasteiger charge is 2.14. The molecule has 6 heteroatoms. The fraction of sp³-hybridized carbons (Fsp3) is 0.200. The predicted octanol–water partition coefficient (Wildman–Crippen LogP) is 5.10. The summed E-state index contributed by atoms with van der Waals surface area (Å²) in [7, 11) is 0. The van der Waals surface area contributed by atoms with Crippen LogP contribution in [0, 0.1) is 0 Å². The van der Waals surface area contributed by atoms with E-state index in [0.29, 0.717) is 12.1 Å². The molecule has 0 unspecified atom stereocenters. The number of aryl methyl sites for hydroxylation is 1. The maximum atomic E-state index is 11.5. The Kier molecular flexibility index (Phi) is 6.17. The molecule has 2 heterocycles. The molecule has 0 aliphatic carbocycles. The number of pyridine rings is 1. The van der Waals surface area contributed by atoms with Crippen LogP contribution >= 0.6 is 0 Å². The maximum Gasteiger partial charge on any atom is 0.355 e. The third-order valence-electron chi connectivity index (χ3n) is 5.14. The average molecular weight is 412 g/mol. The first-order valence-corrected chi connectivity index (χ1v) is 10.4. The van der Waals surface area contributed by atoms with Gasteiger partial charge in [-0.1, -0.05) is 74.0 Å². The van der Waals surface area contributed by atoms with Gasteiger partial charge in [-0.05, 0) is 23.6 Å². The van der Waals surface area contributed by atoms with Crippen LogP contribution in [0.1, 0.15) is 41.6 Å². The minimum atomic E-state index is -1.03. The molecule has 156 valence electrons. The third-order valence-corrected chi connectivity index (χ3v) is 5.14. The van der Waals surface area contributed by atoms with E-state index in [1.54, 1.807) is 12.1 Å². The lowest BCUT2D eigenvalue weighted by Crippen LogP contribution is -2.07. The molecular weight excluding hydrogens is 388 g/mol. The molecule has 0 radical (unpaired) electrons. The highest BCUT2D eigenvalue weighted by molar-refractivity contribution is 5.93. The molecule has 2 aromatic carbocycles. The number of hydrogen-bond donors (Lipinski definition) is 1. The summed E-state index contributed by atoms with van der Waals surface area (Å²) in [4.78, 5) is 20.2. The van der Waals surface area contributed by atoms with Gasteiger partial charge in [0.1, 0.15) is 5.82 Å². The molecule has 2 aromatic heterocycles. The fourth-order valence-corrected chi connectivity index (χ4v) is 3.50. The van der Waals surface area contributed by atoms with Gasteiger partial charge in [0.2, 0.25) is 0 Å². The zero-order chi connectivity index (χ0) is 21.6. The van der Waals surface area contributed by atoms with E-state index in [2.05, 4.69) is 11.9 Å². The lowest BCUT2D eigenvalue weighted by molar-refractivity contribution is 0.0691. The van der Waals surface area contributed by atoms with Crippen molar-refractivity contribution in [3.8, 4) is 22.5 Å². The van der Waals surface area contributed by atoms with Gasteiger partial charge in [-0.2, -0.15) is 5.10 Å². The van der Waals surface area contributed by atoms with Crippen molar-refractivity contribution in [2.24, 2.45) is 0 Å². The van der Waals surface area contributed by atoms with Crippen molar-refractivity contribution in [3.05, 3.63) is 90.0 Å². The van der Waals surface area contributed by atoms with Crippen LogP contribution in [-0.4, -0.2) is 30.8 Å². The first kappa shape index (κ1) is 20.5. The number of carbonyl (C=O) groups is 1. The van der Waals surface area contributed by atoms with Gasteiger partial charge < -0.3 is 5.11 Å². The molecule has 1 N–H and O–H groups in total. The van der Waals surface area contributed by atoms with Crippen molar-refractivity contribution >= 4 is 5.97 Å². The number of hydrogen-bond acceptors (Lipinski definition) is 4. The predicted molar refractivity (Wildman–Crippen MR) is 120 cm³/mol. The molecule has 0 spiro atoms. The molecule has 0 saturated heterocycles. The van der Waals surface area contributed by atoms with Crippen LogP contribution in [0.25, 0.3) is 22.5 Å². The van der Waals surface area contributed by atoms with E-state index in [0.717, 1.165) is 47.6 Å². The molecule has 4 aromatic rings. The van der Waals surface area contributed by atoms with E-state index >= 15 is 0 Å². The summed E-state index contributed by atoms with van der Waals surface area (Å²) in [5.41, 5.74) is 3.57. The van der Waals surface area contributed by atoms with Crippen LogP contribution < -0.4 is 0 Å². The Labute approximate surface area is 181 Å². The van der Waals surface area contributed by atoms with Crippen LogP contribution in [0.5, 0.6) is 0 Å². The summed E-state index contributed by atoms with van der Waals surface area (Å²) in [5.74, 6) is 0.686. The van der Waals surface area contributed by atoms with Gasteiger partial charge in [0.25, 0.3) is 0 Å². The van der Waals surface area contributed by atoms with Crippen molar-refractivity contribution in [2.75, 3.05) is 0 Å². The van der Waals surface area contributed by atoms with Crippen molar-refractivity contribution in [2.45, 2.75) is 32.7 Å². The molecule has 0 aliphatic heterocycles. The van der Waals surface area contributed by atoms with E-state index in [9.17, 15) is 9.90 Å². The van der Waals surface area contributed by atoms with Crippen molar-refractivity contribution in [1.82, 2.24) is 19.7 Å². The molecule has 0 saturated carbocycles. The Balaban J connectivity index is 1.60. The molecule has 4 rings (SSSR count). The molecule has 0 atom stereocenters. The smallest absolute Gasteiger partial charge is 0.355 e. The number of aromatic nitrogens is 4. The minimum absolute atomic E-state index is 0.0564. The van der Waals surface area contributed by atoms with Crippen LogP contribution in [0.2, 0.25) is 0 Å². The summed E-state index contributed by atoms with van der Waals surface area (Å²) in [5, 5.41) is 14.2. The highest BCUT2D eigenvalue weighted by atomic mass is 16.4. The minimum Gasteiger partial charge on any atom is -0.476 e. The Morgan fingerprint density at radius 2 is 1.74 bits per heavy atom. The summed E-state index contributed by atoms with van der Waals surface area (Å²) in [6.45, 7) is 2.78. The standard InChI is InChI=1S/C25H24N4O2/c1-2-3-11-22-27-24(20-8-5-4-6-9-20)28-29(22)17-18-12-14-19(15-13-18)21-10-7-16-26-23(21)25(30)31/h4-10,12-16H,2-3,11,17H2,1H3,(H,30,31). The van der Waals surface area contributed by atoms with Gasteiger partial charge in [-0.25, -0.2) is 19.4 Å². The second-order valence-corrected chi connectivity index (χ2v) is 7.38. The highest BCUT2D eigenvalue weighted by Crippen LogP contribution is 2.23. The lowest BCUT2D eigenvalue weighted by atomic mass is 10.0. The number of nitrogens with zero attached hydrogens (tertiary/aromatic N) is 4. The van der Waals surface area contributed by atoms with Crippen molar-refractivity contribution < 1.29 is 9.90 Å². The lowest BCUT2D eigenvalue weighted by Gasteiger charge is -2.08. The van der Waals surface area contributed by atoms with Gasteiger partial charge in [0.05, 0.1) is 6.54 Å². The van der Waals surface area contributed by atoms with E-state index in [-0.39, 0.29) is 5.69 Å². The number of benzene rings is 2. The van der Waals surface area contributed by atoms with Crippen LogP contribution in [0.15, 0.2) is 72.9 Å². The first-order valence-electron chi connectivity index (χ1n) is 10.4. The Morgan fingerprint density at radius 1 is 0.968 bits per heavy atom. The zero-order valence-electron chi connectivity index (χ0n) is 17.4. The second-order valence-electron chi connectivity index (χ2n) is 7.38. The van der Waals surface area contributed by atoms with Crippen molar-refractivity contribution in [3.63, 3.8) is 0 Å².